The first-order chi connectivity index (χ1) is 7.68. The Hall–Kier alpha value is -0.710. The Kier molecular flexibility index (Phi) is 3.74. The third kappa shape index (κ3) is 2.51. The topological polar surface area (TPSA) is 20.2 Å². The summed E-state index contributed by atoms with van der Waals surface area (Å²) in [4.78, 5) is 0. The van der Waals surface area contributed by atoms with Crippen LogP contribution in [0.15, 0.2) is 39.5 Å². The van der Waals surface area contributed by atoms with Crippen molar-refractivity contribution in [2.45, 2.75) is 12.5 Å². The monoisotopic (exact) mass is 300 g/mol. The molecule has 0 fully saturated rings. The van der Waals surface area contributed by atoms with Crippen LogP contribution in [0.5, 0.6) is 0 Å². The molecule has 2 aromatic rings. The van der Waals surface area contributed by atoms with E-state index in [1.165, 1.54) is 0 Å². The summed E-state index contributed by atoms with van der Waals surface area (Å²) < 4.78 is 14.1. The molecule has 4 heteroatoms. The molecule has 0 bridgehead atoms. The van der Waals surface area contributed by atoms with Gasteiger partial charge in [-0.15, -0.1) is 0 Å². The Labute approximate surface area is 106 Å². The second-order valence-corrected chi connectivity index (χ2v) is 5.13. The van der Waals surface area contributed by atoms with Gasteiger partial charge in [0.1, 0.15) is 5.82 Å². The lowest BCUT2D eigenvalue weighted by Crippen LogP contribution is -2.04. The molecule has 16 heavy (non-hydrogen) atoms. The van der Waals surface area contributed by atoms with Crippen molar-refractivity contribution < 1.29 is 9.50 Å². The standard InChI is InChI=1S/C12H10BrFOS/c13-10-3-1-2-9(12(10)14)11(15)6-8-4-5-16-7-8/h1-5,7,11,15H,6H2. The largest absolute Gasteiger partial charge is 0.388 e. The van der Waals surface area contributed by atoms with Crippen LogP contribution < -0.4 is 0 Å². The van der Waals surface area contributed by atoms with Gasteiger partial charge < -0.3 is 5.11 Å². The summed E-state index contributed by atoms with van der Waals surface area (Å²) in [5.74, 6) is -0.384. The molecule has 0 saturated heterocycles. The second-order valence-electron chi connectivity index (χ2n) is 3.49. The number of benzene rings is 1. The van der Waals surface area contributed by atoms with Gasteiger partial charge in [-0.1, -0.05) is 12.1 Å². The molecule has 1 N–H and O–H groups in total. The van der Waals surface area contributed by atoms with Crippen molar-refractivity contribution in [1.29, 1.82) is 0 Å². The minimum absolute atomic E-state index is 0.334. The zero-order valence-electron chi connectivity index (χ0n) is 8.36. The average molecular weight is 301 g/mol. The predicted octanol–water partition coefficient (Wildman–Crippen LogP) is 3.93. The molecule has 0 radical (unpaired) electrons. The van der Waals surface area contributed by atoms with Crippen molar-refractivity contribution in [1.82, 2.24) is 0 Å². The molecule has 1 unspecified atom stereocenters. The van der Waals surface area contributed by atoms with Gasteiger partial charge in [-0.2, -0.15) is 11.3 Å². The second kappa shape index (κ2) is 5.08. The Morgan fingerprint density at radius 2 is 2.19 bits per heavy atom. The molecule has 2 rings (SSSR count). The summed E-state index contributed by atoms with van der Waals surface area (Å²) >= 11 is 4.68. The lowest BCUT2D eigenvalue weighted by Gasteiger charge is -2.11. The number of aliphatic hydroxyl groups is 1. The van der Waals surface area contributed by atoms with E-state index in [1.54, 1.807) is 29.5 Å². The molecule has 0 amide bonds. The summed E-state index contributed by atoms with van der Waals surface area (Å²) in [7, 11) is 0. The number of aliphatic hydroxyl groups excluding tert-OH is 1. The van der Waals surface area contributed by atoms with E-state index in [9.17, 15) is 9.50 Å². The summed E-state index contributed by atoms with van der Waals surface area (Å²) in [5.41, 5.74) is 1.36. The SMILES string of the molecule is OC(Cc1ccsc1)c1cccc(Br)c1F. The summed E-state index contributed by atoms with van der Waals surface area (Å²) in [6, 6.07) is 6.89. The van der Waals surface area contributed by atoms with Crippen LogP contribution in [0.2, 0.25) is 0 Å². The lowest BCUT2D eigenvalue weighted by atomic mass is 10.0. The van der Waals surface area contributed by atoms with Crippen LogP contribution in [-0.4, -0.2) is 5.11 Å². The highest BCUT2D eigenvalue weighted by molar-refractivity contribution is 9.10. The maximum Gasteiger partial charge on any atom is 0.143 e. The van der Waals surface area contributed by atoms with Gasteiger partial charge in [-0.05, 0) is 44.4 Å². The van der Waals surface area contributed by atoms with Crippen molar-refractivity contribution in [2.24, 2.45) is 0 Å². The highest BCUT2D eigenvalue weighted by Crippen LogP contribution is 2.26. The van der Waals surface area contributed by atoms with Crippen LogP contribution in [0.1, 0.15) is 17.2 Å². The zero-order valence-corrected chi connectivity index (χ0v) is 10.8. The molecule has 84 valence electrons. The molecule has 0 saturated carbocycles. The Morgan fingerprint density at radius 1 is 1.38 bits per heavy atom. The van der Waals surface area contributed by atoms with E-state index in [2.05, 4.69) is 15.9 Å². The number of halogens is 2. The lowest BCUT2D eigenvalue weighted by molar-refractivity contribution is 0.173. The van der Waals surface area contributed by atoms with Gasteiger partial charge in [0.25, 0.3) is 0 Å². The van der Waals surface area contributed by atoms with E-state index in [-0.39, 0.29) is 5.82 Å². The first-order valence-corrected chi connectivity index (χ1v) is 6.55. The van der Waals surface area contributed by atoms with Crippen molar-refractivity contribution in [3.8, 4) is 0 Å². The van der Waals surface area contributed by atoms with E-state index in [4.69, 9.17) is 0 Å². The summed E-state index contributed by atoms with van der Waals surface area (Å²) in [6.45, 7) is 0. The van der Waals surface area contributed by atoms with Gasteiger partial charge in [-0.3, -0.25) is 0 Å². The van der Waals surface area contributed by atoms with Gasteiger partial charge in [0.15, 0.2) is 0 Å². The van der Waals surface area contributed by atoms with Crippen molar-refractivity contribution >= 4 is 27.3 Å². The van der Waals surface area contributed by atoms with E-state index >= 15 is 0 Å². The van der Waals surface area contributed by atoms with Crippen LogP contribution in [-0.2, 0) is 6.42 Å². The smallest absolute Gasteiger partial charge is 0.143 e. The molecule has 1 heterocycles. The summed E-state index contributed by atoms with van der Waals surface area (Å²) in [5, 5.41) is 13.8. The predicted molar refractivity (Wildman–Crippen MR) is 67.1 cm³/mol. The fourth-order valence-corrected chi connectivity index (χ4v) is 2.58. The third-order valence-corrected chi connectivity index (χ3v) is 3.69. The average Bonchev–Trinajstić information content (AvgIpc) is 2.74. The molecule has 0 aliphatic heterocycles. The molecular weight excluding hydrogens is 291 g/mol. The molecule has 1 nitrogen and oxygen atoms in total. The van der Waals surface area contributed by atoms with Crippen LogP contribution in [0.3, 0.4) is 0 Å². The number of thiophene rings is 1. The van der Waals surface area contributed by atoms with E-state index < -0.39 is 6.10 Å². The molecule has 1 aromatic carbocycles. The number of rotatable bonds is 3. The zero-order chi connectivity index (χ0) is 11.5. The van der Waals surface area contributed by atoms with Gasteiger partial charge in [0.2, 0.25) is 0 Å². The first-order valence-electron chi connectivity index (χ1n) is 4.81. The Balaban J connectivity index is 2.21. The van der Waals surface area contributed by atoms with Crippen LogP contribution >= 0.6 is 27.3 Å². The number of hydrogen-bond donors (Lipinski definition) is 1. The highest BCUT2D eigenvalue weighted by Gasteiger charge is 2.15. The minimum atomic E-state index is -0.799. The highest BCUT2D eigenvalue weighted by atomic mass is 79.9. The molecule has 1 atom stereocenters. The van der Waals surface area contributed by atoms with Crippen LogP contribution in [0.25, 0.3) is 0 Å². The molecule has 1 aromatic heterocycles. The fraction of sp³-hybridized carbons (Fsp3) is 0.167. The van der Waals surface area contributed by atoms with E-state index in [1.807, 2.05) is 16.8 Å². The molecular formula is C12H10BrFOS. The normalized spacial score (nSPS) is 12.7. The first kappa shape index (κ1) is 11.8. The van der Waals surface area contributed by atoms with Crippen LogP contribution in [0, 0.1) is 5.82 Å². The Morgan fingerprint density at radius 3 is 2.88 bits per heavy atom. The van der Waals surface area contributed by atoms with Gasteiger partial charge in [0, 0.05) is 12.0 Å². The van der Waals surface area contributed by atoms with E-state index in [0.29, 0.717) is 16.5 Å². The minimum Gasteiger partial charge on any atom is -0.388 e. The van der Waals surface area contributed by atoms with Crippen molar-refractivity contribution in [2.75, 3.05) is 0 Å². The fourth-order valence-electron chi connectivity index (χ4n) is 1.52. The van der Waals surface area contributed by atoms with Gasteiger partial charge >= 0.3 is 0 Å². The Bertz CT molecular complexity index is 470. The third-order valence-electron chi connectivity index (χ3n) is 2.35. The molecule has 0 aliphatic rings. The quantitative estimate of drug-likeness (QED) is 0.911. The van der Waals surface area contributed by atoms with Crippen molar-refractivity contribution in [3.05, 3.63) is 56.4 Å². The van der Waals surface area contributed by atoms with Crippen LogP contribution in [0.4, 0.5) is 4.39 Å². The maximum absolute atomic E-state index is 13.7. The van der Waals surface area contributed by atoms with Crippen molar-refractivity contribution in [3.63, 3.8) is 0 Å². The number of hydrogen-bond acceptors (Lipinski definition) is 2. The molecule has 0 aliphatic carbocycles. The summed E-state index contributed by atoms with van der Waals surface area (Å²) in [6.07, 6.45) is -0.358. The van der Waals surface area contributed by atoms with Gasteiger partial charge in [0.05, 0.1) is 10.6 Å². The molecule has 0 spiro atoms. The van der Waals surface area contributed by atoms with E-state index in [0.717, 1.165) is 5.56 Å². The van der Waals surface area contributed by atoms with Gasteiger partial charge in [-0.25, -0.2) is 4.39 Å². The maximum atomic E-state index is 13.7.